The zero-order chi connectivity index (χ0) is 19.1. The number of aromatic nitrogens is 1. The first-order valence-electron chi connectivity index (χ1n) is 9.34. The van der Waals surface area contributed by atoms with E-state index in [9.17, 15) is 4.79 Å². The van der Waals surface area contributed by atoms with E-state index >= 15 is 0 Å². The Bertz CT molecular complexity index is 757. The summed E-state index contributed by atoms with van der Waals surface area (Å²) in [5.41, 5.74) is 1.75. The minimum Gasteiger partial charge on any atom is -0.493 e. The third kappa shape index (κ3) is 5.43. The van der Waals surface area contributed by atoms with Gasteiger partial charge in [-0.15, -0.1) is 11.3 Å². The van der Waals surface area contributed by atoms with Crippen LogP contribution in [-0.4, -0.2) is 44.7 Å². The minimum absolute atomic E-state index is 0.0305. The van der Waals surface area contributed by atoms with Crippen LogP contribution < -0.4 is 20.1 Å². The molecular formula is C20H27N3O3S. The van der Waals surface area contributed by atoms with Crippen molar-refractivity contribution in [3.8, 4) is 22.1 Å². The summed E-state index contributed by atoms with van der Waals surface area (Å²) < 4.78 is 10.6. The predicted octanol–water partition coefficient (Wildman–Crippen LogP) is 2.88. The van der Waals surface area contributed by atoms with Gasteiger partial charge in [0.2, 0.25) is 5.91 Å². The SMILES string of the molecule is COc1ccc(-c2nc(CC(=O)NCCC3CCCNC3)cs2)cc1OC. The summed E-state index contributed by atoms with van der Waals surface area (Å²) in [4.78, 5) is 16.8. The number of piperidine rings is 1. The third-order valence-corrected chi connectivity index (χ3v) is 5.74. The van der Waals surface area contributed by atoms with Gasteiger partial charge in [-0.2, -0.15) is 0 Å². The maximum absolute atomic E-state index is 12.2. The maximum Gasteiger partial charge on any atom is 0.226 e. The van der Waals surface area contributed by atoms with E-state index in [2.05, 4.69) is 15.6 Å². The van der Waals surface area contributed by atoms with Crippen molar-refractivity contribution < 1.29 is 14.3 Å². The molecule has 1 amide bonds. The third-order valence-electron chi connectivity index (χ3n) is 4.80. The molecule has 1 aliphatic rings. The number of nitrogens with one attached hydrogen (secondary N) is 2. The molecule has 1 aromatic carbocycles. The first kappa shape index (κ1) is 19.6. The van der Waals surface area contributed by atoms with Gasteiger partial charge in [0.15, 0.2) is 11.5 Å². The van der Waals surface area contributed by atoms with Crippen LogP contribution in [0.5, 0.6) is 11.5 Å². The lowest BCUT2D eigenvalue weighted by Crippen LogP contribution is -2.33. The molecule has 27 heavy (non-hydrogen) atoms. The number of carbonyl (C=O) groups is 1. The monoisotopic (exact) mass is 389 g/mol. The van der Waals surface area contributed by atoms with Crippen molar-refractivity contribution >= 4 is 17.2 Å². The van der Waals surface area contributed by atoms with Crippen LogP contribution >= 0.6 is 11.3 Å². The second kappa shape index (κ2) is 9.71. The van der Waals surface area contributed by atoms with Gasteiger partial charge in [0.05, 0.1) is 26.3 Å². The van der Waals surface area contributed by atoms with Crippen molar-refractivity contribution in [2.45, 2.75) is 25.7 Å². The number of carbonyl (C=O) groups excluding carboxylic acids is 1. The number of nitrogens with zero attached hydrogens (tertiary/aromatic N) is 1. The summed E-state index contributed by atoms with van der Waals surface area (Å²) >= 11 is 1.53. The van der Waals surface area contributed by atoms with Gasteiger partial charge in [-0.25, -0.2) is 4.98 Å². The van der Waals surface area contributed by atoms with Gasteiger partial charge in [0.25, 0.3) is 0 Å². The van der Waals surface area contributed by atoms with Crippen molar-refractivity contribution in [1.29, 1.82) is 0 Å². The molecule has 7 heteroatoms. The number of hydrogen-bond acceptors (Lipinski definition) is 6. The molecule has 2 N–H and O–H groups in total. The number of rotatable bonds is 8. The average molecular weight is 390 g/mol. The lowest BCUT2D eigenvalue weighted by atomic mass is 9.96. The van der Waals surface area contributed by atoms with E-state index in [1.54, 1.807) is 14.2 Å². The van der Waals surface area contributed by atoms with Crippen molar-refractivity contribution in [1.82, 2.24) is 15.6 Å². The van der Waals surface area contributed by atoms with Crippen LogP contribution in [-0.2, 0) is 11.2 Å². The molecule has 1 saturated heterocycles. The molecule has 1 atom stereocenters. The summed E-state index contributed by atoms with van der Waals surface area (Å²) in [6.45, 7) is 2.92. The lowest BCUT2D eigenvalue weighted by molar-refractivity contribution is -0.120. The number of ether oxygens (including phenoxy) is 2. The quantitative estimate of drug-likeness (QED) is 0.726. The second-order valence-corrected chi connectivity index (χ2v) is 7.60. The Morgan fingerprint density at radius 1 is 1.33 bits per heavy atom. The van der Waals surface area contributed by atoms with E-state index in [0.29, 0.717) is 23.8 Å². The minimum atomic E-state index is 0.0305. The highest BCUT2D eigenvalue weighted by molar-refractivity contribution is 7.13. The van der Waals surface area contributed by atoms with Crippen LogP contribution in [0.1, 0.15) is 25.0 Å². The molecule has 0 spiro atoms. The molecule has 6 nitrogen and oxygen atoms in total. The Kier molecular flexibility index (Phi) is 7.06. The fourth-order valence-corrected chi connectivity index (χ4v) is 4.12. The summed E-state index contributed by atoms with van der Waals surface area (Å²) in [5.74, 6) is 2.06. The largest absolute Gasteiger partial charge is 0.493 e. The van der Waals surface area contributed by atoms with Crippen LogP contribution in [0.4, 0.5) is 0 Å². The van der Waals surface area contributed by atoms with Crippen LogP contribution in [0.2, 0.25) is 0 Å². The van der Waals surface area contributed by atoms with E-state index in [0.717, 1.165) is 42.3 Å². The Balaban J connectivity index is 1.52. The van der Waals surface area contributed by atoms with E-state index in [1.807, 2.05) is 23.6 Å². The van der Waals surface area contributed by atoms with Crippen LogP contribution in [0.3, 0.4) is 0 Å². The first-order chi connectivity index (χ1) is 13.2. The Labute approximate surface area is 164 Å². The van der Waals surface area contributed by atoms with Crippen molar-refractivity contribution in [2.75, 3.05) is 33.9 Å². The van der Waals surface area contributed by atoms with E-state index in [4.69, 9.17) is 9.47 Å². The highest BCUT2D eigenvalue weighted by Gasteiger charge is 2.14. The number of hydrogen-bond donors (Lipinski definition) is 2. The van der Waals surface area contributed by atoms with Gasteiger partial charge >= 0.3 is 0 Å². The van der Waals surface area contributed by atoms with Gasteiger partial charge < -0.3 is 20.1 Å². The maximum atomic E-state index is 12.2. The molecule has 0 aliphatic carbocycles. The predicted molar refractivity (Wildman–Crippen MR) is 108 cm³/mol. The number of amides is 1. The first-order valence-corrected chi connectivity index (χ1v) is 10.2. The van der Waals surface area contributed by atoms with E-state index < -0.39 is 0 Å². The molecule has 0 radical (unpaired) electrons. The van der Waals surface area contributed by atoms with Crippen molar-refractivity contribution in [3.63, 3.8) is 0 Å². The molecule has 0 saturated carbocycles. The van der Waals surface area contributed by atoms with Crippen LogP contribution in [0, 0.1) is 5.92 Å². The molecule has 1 aromatic heterocycles. The van der Waals surface area contributed by atoms with E-state index in [1.165, 1.54) is 24.2 Å². The summed E-state index contributed by atoms with van der Waals surface area (Å²) in [6.07, 6.45) is 3.83. The molecule has 146 valence electrons. The Morgan fingerprint density at radius 2 is 2.19 bits per heavy atom. The average Bonchev–Trinajstić information content (AvgIpc) is 3.16. The Morgan fingerprint density at radius 3 is 2.93 bits per heavy atom. The highest BCUT2D eigenvalue weighted by atomic mass is 32.1. The summed E-state index contributed by atoms with van der Waals surface area (Å²) in [7, 11) is 3.23. The fraction of sp³-hybridized carbons (Fsp3) is 0.500. The van der Waals surface area contributed by atoms with Gasteiger partial charge in [-0.1, -0.05) is 0 Å². The number of methoxy groups -OCH3 is 2. The number of benzene rings is 1. The molecule has 3 rings (SSSR count). The lowest BCUT2D eigenvalue weighted by Gasteiger charge is -2.22. The molecule has 2 heterocycles. The zero-order valence-electron chi connectivity index (χ0n) is 15.9. The zero-order valence-corrected chi connectivity index (χ0v) is 16.7. The number of thiazole rings is 1. The van der Waals surface area contributed by atoms with Gasteiger partial charge in [-0.05, 0) is 56.5 Å². The van der Waals surface area contributed by atoms with Gasteiger partial charge in [0, 0.05) is 17.5 Å². The molecule has 2 aromatic rings. The molecule has 1 fully saturated rings. The Hall–Kier alpha value is -2.12. The van der Waals surface area contributed by atoms with Crippen LogP contribution in [0.15, 0.2) is 23.6 Å². The standard InChI is InChI=1S/C20H27N3O3S/c1-25-17-6-5-15(10-18(17)26-2)20-23-16(13-27-20)11-19(24)22-9-7-14-4-3-8-21-12-14/h5-6,10,13-14,21H,3-4,7-9,11-12H2,1-2H3,(H,22,24). The molecule has 1 unspecified atom stereocenters. The van der Waals surface area contributed by atoms with Crippen molar-refractivity contribution in [2.24, 2.45) is 5.92 Å². The molecular weight excluding hydrogens is 362 g/mol. The summed E-state index contributed by atoms with van der Waals surface area (Å²) in [6, 6.07) is 5.71. The van der Waals surface area contributed by atoms with Crippen molar-refractivity contribution in [3.05, 3.63) is 29.3 Å². The molecule has 1 aliphatic heterocycles. The topological polar surface area (TPSA) is 72.5 Å². The van der Waals surface area contributed by atoms with Gasteiger partial charge in [-0.3, -0.25) is 4.79 Å². The smallest absolute Gasteiger partial charge is 0.226 e. The molecule has 0 bridgehead atoms. The fourth-order valence-electron chi connectivity index (χ4n) is 3.30. The van der Waals surface area contributed by atoms with Crippen LogP contribution in [0.25, 0.3) is 10.6 Å². The van der Waals surface area contributed by atoms with Gasteiger partial charge in [0.1, 0.15) is 5.01 Å². The normalized spacial score (nSPS) is 16.7. The second-order valence-electron chi connectivity index (χ2n) is 6.74. The van der Waals surface area contributed by atoms with E-state index in [-0.39, 0.29) is 5.91 Å². The highest BCUT2D eigenvalue weighted by Crippen LogP contribution is 2.33. The summed E-state index contributed by atoms with van der Waals surface area (Å²) in [5, 5.41) is 9.24.